The molecule has 2 aromatic rings. The van der Waals surface area contributed by atoms with Crippen LogP contribution in [0, 0.1) is 5.82 Å². The molecule has 2 N–H and O–H groups in total. The van der Waals surface area contributed by atoms with Crippen LogP contribution in [0.4, 0.5) is 4.39 Å². The molecule has 0 spiro atoms. The lowest BCUT2D eigenvalue weighted by Gasteiger charge is -2.06. The number of halogens is 2. The molecule has 108 valence electrons. The third-order valence-electron chi connectivity index (χ3n) is 2.84. The highest BCUT2D eigenvalue weighted by Crippen LogP contribution is 2.16. The van der Waals surface area contributed by atoms with E-state index in [9.17, 15) is 14.0 Å². The minimum Gasteiger partial charge on any atom is -0.478 e. The molecule has 1 amide bonds. The van der Waals surface area contributed by atoms with Gasteiger partial charge < -0.3 is 10.4 Å². The Morgan fingerprint density at radius 3 is 2.29 bits per heavy atom. The molecule has 0 bridgehead atoms. The number of rotatable bonds is 4. The second-order valence-corrected chi connectivity index (χ2v) is 5.17. The van der Waals surface area contributed by atoms with Crippen LogP contribution < -0.4 is 5.32 Å². The molecule has 2 aromatic carbocycles. The maximum Gasteiger partial charge on any atom is 0.335 e. The zero-order valence-corrected chi connectivity index (χ0v) is 12.4. The Morgan fingerprint density at radius 1 is 1.10 bits per heavy atom. The first kappa shape index (κ1) is 15.2. The van der Waals surface area contributed by atoms with Gasteiger partial charge in [-0.05, 0) is 51.8 Å². The van der Waals surface area contributed by atoms with E-state index in [0.717, 1.165) is 5.56 Å². The number of hydrogen-bond donors (Lipinski definition) is 2. The van der Waals surface area contributed by atoms with Gasteiger partial charge in [0.15, 0.2) is 0 Å². The zero-order valence-electron chi connectivity index (χ0n) is 10.8. The minimum absolute atomic E-state index is 0.188. The Morgan fingerprint density at radius 2 is 1.71 bits per heavy atom. The molecule has 0 aliphatic carbocycles. The van der Waals surface area contributed by atoms with Crippen LogP contribution in [0.5, 0.6) is 0 Å². The van der Waals surface area contributed by atoms with E-state index >= 15 is 0 Å². The fourth-order valence-electron chi connectivity index (χ4n) is 1.69. The van der Waals surface area contributed by atoms with E-state index in [2.05, 4.69) is 21.2 Å². The van der Waals surface area contributed by atoms with Gasteiger partial charge in [-0.15, -0.1) is 0 Å². The summed E-state index contributed by atoms with van der Waals surface area (Å²) < 4.78 is 13.3. The minimum atomic E-state index is -0.998. The molecular weight excluding hydrogens is 341 g/mol. The highest BCUT2D eigenvalue weighted by molar-refractivity contribution is 9.10. The van der Waals surface area contributed by atoms with Crippen LogP contribution >= 0.6 is 15.9 Å². The van der Waals surface area contributed by atoms with Gasteiger partial charge in [0, 0.05) is 12.1 Å². The quantitative estimate of drug-likeness (QED) is 0.888. The lowest BCUT2D eigenvalue weighted by molar-refractivity contribution is 0.0696. The van der Waals surface area contributed by atoms with Gasteiger partial charge in [-0.2, -0.15) is 0 Å². The average Bonchev–Trinajstić information content (AvgIpc) is 2.48. The third-order valence-corrected chi connectivity index (χ3v) is 3.44. The van der Waals surface area contributed by atoms with Gasteiger partial charge in [-0.3, -0.25) is 4.79 Å². The summed E-state index contributed by atoms with van der Waals surface area (Å²) >= 11 is 3.02. The van der Waals surface area contributed by atoms with E-state index < -0.39 is 11.8 Å². The fourth-order valence-corrected chi connectivity index (χ4v) is 2.07. The summed E-state index contributed by atoms with van der Waals surface area (Å²) in [6.45, 7) is 0.258. The smallest absolute Gasteiger partial charge is 0.335 e. The summed E-state index contributed by atoms with van der Waals surface area (Å²) in [5.41, 5.74) is 1.30. The highest BCUT2D eigenvalue weighted by atomic mass is 79.9. The lowest BCUT2D eigenvalue weighted by Crippen LogP contribution is -2.22. The van der Waals surface area contributed by atoms with Crippen LogP contribution in [0.15, 0.2) is 46.9 Å². The second kappa shape index (κ2) is 6.49. The average molecular weight is 352 g/mol. The van der Waals surface area contributed by atoms with Gasteiger partial charge in [0.1, 0.15) is 5.82 Å². The van der Waals surface area contributed by atoms with Crippen molar-refractivity contribution in [3.8, 4) is 0 Å². The lowest BCUT2D eigenvalue weighted by atomic mass is 10.1. The van der Waals surface area contributed by atoms with Crippen molar-refractivity contribution in [2.75, 3.05) is 0 Å². The van der Waals surface area contributed by atoms with E-state index in [4.69, 9.17) is 5.11 Å². The Balaban J connectivity index is 2.00. The standard InChI is InChI=1S/C15H11BrFNO3/c16-12-7-11(5-6-13(12)17)14(19)18-8-9-1-3-10(4-2-9)15(20)21/h1-7H,8H2,(H,18,19)(H,20,21). The van der Waals surface area contributed by atoms with Gasteiger partial charge >= 0.3 is 5.97 Å². The number of benzene rings is 2. The molecule has 2 rings (SSSR count). The summed E-state index contributed by atoms with van der Waals surface area (Å²) in [7, 11) is 0. The Labute approximate surface area is 128 Å². The molecule has 0 saturated carbocycles. The monoisotopic (exact) mass is 351 g/mol. The van der Waals surface area contributed by atoms with Crippen molar-refractivity contribution in [1.29, 1.82) is 0 Å². The van der Waals surface area contributed by atoms with Crippen molar-refractivity contribution in [2.45, 2.75) is 6.54 Å². The number of carbonyl (C=O) groups excluding carboxylic acids is 1. The molecule has 0 unspecified atom stereocenters. The predicted molar refractivity (Wildman–Crippen MR) is 78.7 cm³/mol. The van der Waals surface area contributed by atoms with Gasteiger partial charge in [0.25, 0.3) is 5.91 Å². The SMILES string of the molecule is O=C(O)c1ccc(CNC(=O)c2ccc(F)c(Br)c2)cc1. The molecule has 6 heteroatoms. The summed E-state index contributed by atoms with van der Waals surface area (Å²) in [4.78, 5) is 22.6. The summed E-state index contributed by atoms with van der Waals surface area (Å²) in [5, 5.41) is 11.5. The van der Waals surface area contributed by atoms with Crippen LogP contribution in [-0.2, 0) is 6.54 Å². The van der Waals surface area contributed by atoms with Gasteiger partial charge in [-0.1, -0.05) is 12.1 Å². The molecule has 0 heterocycles. The van der Waals surface area contributed by atoms with Crippen LogP contribution in [-0.4, -0.2) is 17.0 Å². The normalized spacial score (nSPS) is 10.2. The van der Waals surface area contributed by atoms with E-state index in [0.29, 0.717) is 5.56 Å². The van der Waals surface area contributed by atoms with Gasteiger partial charge in [-0.25, -0.2) is 9.18 Å². The van der Waals surface area contributed by atoms with Crippen molar-refractivity contribution in [3.05, 3.63) is 69.4 Å². The van der Waals surface area contributed by atoms with E-state index in [-0.39, 0.29) is 22.5 Å². The first-order chi connectivity index (χ1) is 9.97. The Hall–Kier alpha value is -2.21. The van der Waals surface area contributed by atoms with Crippen molar-refractivity contribution in [1.82, 2.24) is 5.32 Å². The Bertz CT molecular complexity index is 686. The molecule has 0 saturated heterocycles. The zero-order chi connectivity index (χ0) is 15.4. The van der Waals surface area contributed by atoms with Gasteiger partial charge in [0.2, 0.25) is 0 Å². The number of carboxylic acid groups (broad SMARTS) is 1. The van der Waals surface area contributed by atoms with Crippen LogP contribution in [0.2, 0.25) is 0 Å². The third kappa shape index (κ3) is 3.88. The van der Waals surface area contributed by atoms with Crippen molar-refractivity contribution in [3.63, 3.8) is 0 Å². The first-order valence-corrected chi connectivity index (χ1v) is 6.82. The largest absolute Gasteiger partial charge is 0.478 e. The van der Waals surface area contributed by atoms with Crippen molar-refractivity contribution >= 4 is 27.8 Å². The molecule has 21 heavy (non-hydrogen) atoms. The number of carbonyl (C=O) groups is 2. The highest BCUT2D eigenvalue weighted by Gasteiger charge is 2.08. The molecule has 0 aromatic heterocycles. The number of hydrogen-bond acceptors (Lipinski definition) is 2. The number of aromatic carboxylic acids is 1. The molecule has 4 nitrogen and oxygen atoms in total. The van der Waals surface area contributed by atoms with Crippen LogP contribution in [0.25, 0.3) is 0 Å². The molecule has 0 radical (unpaired) electrons. The molecule has 0 atom stereocenters. The summed E-state index contributed by atoms with van der Waals surface area (Å²) in [5.74, 6) is -1.77. The molecule has 0 fully saturated rings. The Kier molecular flexibility index (Phi) is 4.70. The van der Waals surface area contributed by atoms with Gasteiger partial charge in [0.05, 0.1) is 10.0 Å². The second-order valence-electron chi connectivity index (χ2n) is 4.31. The number of carboxylic acids is 1. The number of nitrogens with one attached hydrogen (secondary N) is 1. The summed E-state index contributed by atoms with van der Waals surface area (Å²) in [6, 6.07) is 10.2. The number of amides is 1. The van der Waals surface area contributed by atoms with Crippen LogP contribution in [0.3, 0.4) is 0 Å². The predicted octanol–water partition coefficient (Wildman–Crippen LogP) is 3.22. The topological polar surface area (TPSA) is 66.4 Å². The molecular formula is C15H11BrFNO3. The maximum absolute atomic E-state index is 13.1. The molecule has 0 aliphatic heterocycles. The van der Waals surface area contributed by atoms with Crippen molar-refractivity contribution in [2.24, 2.45) is 0 Å². The first-order valence-electron chi connectivity index (χ1n) is 6.03. The van der Waals surface area contributed by atoms with E-state index in [1.807, 2.05) is 0 Å². The van der Waals surface area contributed by atoms with E-state index in [1.54, 1.807) is 12.1 Å². The maximum atomic E-state index is 13.1. The fraction of sp³-hybridized carbons (Fsp3) is 0.0667. The molecule has 0 aliphatic rings. The van der Waals surface area contributed by atoms with E-state index in [1.165, 1.54) is 30.3 Å². The van der Waals surface area contributed by atoms with Crippen LogP contribution in [0.1, 0.15) is 26.3 Å². The van der Waals surface area contributed by atoms with Crippen molar-refractivity contribution < 1.29 is 19.1 Å². The summed E-state index contributed by atoms with van der Waals surface area (Å²) in [6.07, 6.45) is 0.